The van der Waals surface area contributed by atoms with E-state index in [2.05, 4.69) is 20.6 Å². The Kier molecular flexibility index (Phi) is 3.88. The molecule has 1 atom stereocenters. The third-order valence-electron chi connectivity index (χ3n) is 5.97. The Morgan fingerprint density at radius 3 is 2.69 bits per heavy atom. The topological polar surface area (TPSA) is 140 Å². The second-order valence-corrected chi connectivity index (χ2v) is 8.03. The van der Waals surface area contributed by atoms with E-state index < -0.39 is 29.7 Å². The van der Waals surface area contributed by atoms with Gasteiger partial charge in [-0.15, -0.1) is 5.10 Å². The maximum Gasteiger partial charge on any atom is 0.264 e. The number of imide groups is 2. The minimum atomic E-state index is -1.03. The van der Waals surface area contributed by atoms with Gasteiger partial charge in [-0.25, -0.2) is 9.67 Å². The van der Waals surface area contributed by atoms with Gasteiger partial charge in [0, 0.05) is 12.3 Å². The van der Waals surface area contributed by atoms with E-state index in [1.807, 2.05) is 0 Å². The van der Waals surface area contributed by atoms with Gasteiger partial charge >= 0.3 is 0 Å². The smallest absolute Gasteiger partial charge is 0.264 e. The molecule has 1 saturated heterocycles. The van der Waals surface area contributed by atoms with Gasteiger partial charge in [0.1, 0.15) is 23.2 Å². The molecule has 2 aromatic heterocycles. The van der Waals surface area contributed by atoms with Crippen LogP contribution in [-0.4, -0.2) is 54.5 Å². The molecule has 2 aliphatic heterocycles. The van der Waals surface area contributed by atoms with Crippen LogP contribution in [0.3, 0.4) is 0 Å². The number of aromatic nitrogens is 4. The molecule has 3 aliphatic rings. The van der Waals surface area contributed by atoms with Crippen LogP contribution in [0.2, 0.25) is 0 Å². The van der Waals surface area contributed by atoms with Gasteiger partial charge < -0.3 is 4.42 Å². The van der Waals surface area contributed by atoms with Crippen LogP contribution in [0.5, 0.6) is 0 Å². The van der Waals surface area contributed by atoms with Gasteiger partial charge in [-0.2, -0.15) is 0 Å². The maximum absolute atomic E-state index is 13.3. The number of amides is 4. The highest BCUT2D eigenvalue weighted by Gasteiger charge is 2.46. The van der Waals surface area contributed by atoms with E-state index in [9.17, 15) is 19.2 Å². The van der Waals surface area contributed by atoms with Crippen molar-refractivity contribution in [3.05, 3.63) is 47.7 Å². The van der Waals surface area contributed by atoms with E-state index in [4.69, 9.17) is 4.42 Å². The number of carbonyl (C=O) groups excluding carboxylic acids is 4. The van der Waals surface area contributed by atoms with Gasteiger partial charge in [0.2, 0.25) is 11.8 Å². The van der Waals surface area contributed by atoms with Crippen molar-refractivity contribution >= 4 is 23.6 Å². The first-order valence-electron chi connectivity index (χ1n) is 10.2. The van der Waals surface area contributed by atoms with Crippen LogP contribution in [-0.2, 0) is 9.59 Å². The Labute approximate surface area is 180 Å². The van der Waals surface area contributed by atoms with Crippen molar-refractivity contribution in [3.8, 4) is 17.1 Å². The van der Waals surface area contributed by atoms with Crippen LogP contribution in [0.4, 0.5) is 0 Å². The first-order valence-corrected chi connectivity index (χ1v) is 10.2. The second-order valence-electron chi connectivity index (χ2n) is 8.03. The lowest BCUT2D eigenvalue weighted by atomic mass is 10.0. The summed E-state index contributed by atoms with van der Waals surface area (Å²) in [5, 5.41) is 10.5. The van der Waals surface area contributed by atoms with E-state index in [-0.39, 0.29) is 24.0 Å². The van der Waals surface area contributed by atoms with Gasteiger partial charge in [0.05, 0.1) is 23.0 Å². The highest BCUT2D eigenvalue weighted by Crippen LogP contribution is 2.43. The molecule has 11 nitrogen and oxygen atoms in total. The van der Waals surface area contributed by atoms with Crippen molar-refractivity contribution in [2.75, 3.05) is 0 Å². The molecule has 1 aliphatic carbocycles. The van der Waals surface area contributed by atoms with Crippen molar-refractivity contribution in [3.63, 3.8) is 0 Å². The molecule has 4 amide bonds. The standard InChI is InChI=1S/C21H16N6O5/c28-15-7-6-14(19(29)23-15)27-20(30)11-2-1-3-13(16(11)21(27)31)26-8-12(24-25-26)17-18(10-4-5-10)32-9-22-17/h1-3,8-10,14H,4-7H2,(H,23,28,29). The molecule has 1 N–H and O–H groups in total. The summed E-state index contributed by atoms with van der Waals surface area (Å²) < 4.78 is 6.92. The van der Waals surface area contributed by atoms with E-state index >= 15 is 0 Å². The minimum absolute atomic E-state index is 0.0597. The Bertz CT molecular complexity index is 1320. The molecule has 1 saturated carbocycles. The Morgan fingerprint density at radius 1 is 1.06 bits per heavy atom. The first kappa shape index (κ1) is 18.6. The Balaban J connectivity index is 1.37. The molecule has 1 unspecified atom stereocenters. The zero-order chi connectivity index (χ0) is 22.0. The number of nitrogens with zero attached hydrogens (tertiary/aromatic N) is 5. The first-order chi connectivity index (χ1) is 15.5. The summed E-state index contributed by atoms with van der Waals surface area (Å²) in [6.07, 6.45) is 5.23. The summed E-state index contributed by atoms with van der Waals surface area (Å²) in [7, 11) is 0. The van der Waals surface area contributed by atoms with Crippen molar-refractivity contribution in [1.29, 1.82) is 0 Å². The molecule has 160 valence electrons. The molecule has 0 bridgehead atoms. The number of nitrogens with one attached hydrogen (secondary N) is 1. The van der Waals surface area contributed by atoms with Gasteiger partial charge in [0.25, 0.3) is 11.8 Å². The summed E-state index contributed by atoms with van der Waals surface area (Å²) in [6, 6.07) is 3.79. The lowest BCUT2D eigenvalue weighted by molar-refractivity contribution is -0.136. The van der Waals surface area contributed by atoms with Gasteiger partial charge in [-0.05, 0) is 31.4 Å². The summed E-state index contributed by atoms with van der Waals surface area (Å²) >= 11 is 0. The van der Waals surface area contributed by atoms with Crippen LogP contribution < -0.4 is 5.32 Å². The van der Waals surface area contributed by atoms with Crippen LogP contribution >= 0.6 is 0 Å². The SMILES string of the molecule is O=C1CCC(N2C(=O)c3cccc(-n4cc(-c5ncoc5C5CC5)nn4)c3C2=O)C(=O)N1. The van der Waals surface area contributed by atoms with Crippen LogP contribution in [0.25, 0.3) is 17.1 Å². The van der Waals surface area contributed by atoms with Crippen molar-refractivity contribution in [2.45, 2.75) is 37.6 Å². The van der Waals surface area contributed by atoms with Crippen molar-refractivity contribution < 1.29 is 23.6 Å². The monoisotopic (exact) mass is 432 g/mol. The average molecular weight is 432 g/mol. The minimum Gasteiger partial charge on any atom is -0.447 e. The summed E-state index contributed by atoms with van der Waals surface area (Å²) in [6.45, 7) is 0. The molecule has 4 heterocycles. The molecule has 0 spiro atoms. The summed E-state index contributed by atoms with van der Waals surface area (Å²) in [5.74, 6) is -1.15. The number of benzene rings is 1. The second kappa shape index (κ2) is 6.67. The summed E-state index contributed by atoms with van der Waals surface area (Å²) in [4.78, 5) is 55.2. The zero-order valence-corrected chi connectivity index (χ0v) is 16.6. The molecule has 0 radical (unpaired) electrons. The fourth-order valence-corrected chi connectivity index (χ4v) is 4.26. The van der Waals surface area contributed by atoms with Crippen LogP contribution in [0.15, 0.2) is 35.2 Å². The number of piperidine rings is 1. The largest absolute Gasteiger partial charge is 0.447 e. The van der Waals surface area contributed by atoms with Gasteiger partial charge in [0.15, 0.2) is 6.39 Å². The van der Waals surface area contributed by atoms with E-state index in [1.54, 1.807) is 18.3 Å². The van der Waals surface area contributed by atoms with Gasteiger partial charge in [-0.1, -0.05) is 11.3 Å². The zero-order valence-electron chi connectivity index (χ0n) is 16.6. The molecule has 6 rings (SSSR count). The lowest BCUT2D eigenvalue weighted by Gasteiger charge is -2.27. The van der Waals surface area contributed by atoms with E-state index in [0.29, 0.717) is 23.0 Å². The number of oxazole rings is 1. The van der Waals surface area contributed by atoms with E-state index in [0.717, 1.165) is 23.5 Å². The summed E-state index contributed by atoms with van der Waals surface area (Å²) in [5.41, 5.74) is 1.79. The third-order valence-corrected chi connectivity index (χ3v) is 5.97. The third kappa shape index (κ3) is 2.70. The molecular weight excluding hydrogens is 416 g/mol. The maximum atomic E-state index is 13.3. The van der Waals surface area contributed by atoms with Gasteiger partial charge in [-0.3, -0.25) is 29.4 Å². The molecule has 2 fully saturated rings. The highest BCUT2D eigenvalue weighted by molar-refractivity contribution is 6.24. The Morgan fingerprint density at radius 2 is 1.91 bits per heavy atom. The number of hydrogen-bond acceptors (Lipinski definition) is 8. The molecular formula is C21H16N6O5. The number of carbonyl (C=O) groups is 4. The number of fused-ring (bicyclic) bond motifs is 1. The lowest BCUT2D eigenvalue weighted by Crippen LogP contribution is -2.54. The number of rotatable bonds is 4. The molecule has 32 heavy (non-hydrogen) atoms. The quantitative estimate of drug-likeness (QED) is 0.607. The predicted molar refractivity (Wildman–Crippen MR) is 106 cm³/mol. The Hall–Kier alpha value is -4.15. The highest BCUT2D eigenvalue weighted by atomic mass is 16.3. The predicted octanol–water partition coefficient (Wildman–Crippen LogP) is 1.20. The van der Waals surface area contributed by atoms with Crippen molar-refractivity contribution in [2.24, 2.45) is 0 Å². The van der Waals surface area contributed by atoms with Crippen molar-refractivity contribution in [1.82, 2.24) is 30.2 Å². The van der Waals surface area contributed by atoms with E-state index in [1.165, 1.54) is 17.1 Å². The molecule has 11 heteroatoms. The fraction of sp³-hybridized carbons (Fsp3) is 0.286. The average Bonchev–Trinajstić information content (AvgIpc) is 3.20. The molecule has 3 aromatic rings. The molecule has 1 aromatic carbocycles. The normalized spacial score (nSPS) is 20.6. The number of hydrogen-bond donors (Lipinski definition) is 1. The fourth-order valence-electron chi connectivity index (χ4n) is 4.26. The van der Waals surface area contributed by atoms with Crippen LogP contribution in [0.1, 0.15) is 58.1 Å². The van der Waals surface area contributed by atoms with Crippen LogP contribution in [0, 0.1) is 0 Å².